The van der Waals surface area contributed by atoms with Crippen LogP contribution in [0.25, 0.3) is 0 Å². The Labute approximate surface area is 82.1 Å². The van der Waals surface area contributed by atoms with Crippen LogP contribution in [0.4, 0.5) is 0 Å². The van der Waals surface area contributed by atoms with Gasteiger partial charge >= 0.3 is 12.4 Å². The Kier molecular flexibility index (Phi) is 6.99. The first-order valence-corrected chi connectivity index (χ1v) is 4.06. The first kappa shape index (κ1) is 12.3. The highest BCUT2D eigenvalue weighted by molar-refractivity contribution is 5.92. The molecular formula is C10H12O4. The van der Waals surface area contributed by atoms with Crippen LogP contribution < -0.4 is 0 Å². The van der Waals surface area contributed by atoms with E-state index in [-0.39, 0.29) is 13.1 Å². The molecule has 4 heteroatoms. The van der Waals surface area contributed by atoms with Gasteiger partial charge in [-0.2, -0.15) is 0 Å². The zero-order valence-electron chi connectivity index (χ0n) is 7.84. The Balaban J connectivity index is 0.000000500. The van der Waals surface area contributed by atoms with Gasteiger partial charge in [-0.25, -0.2) is 4.79 Å². The van der Waals surface area contributed by atoms with Crippen molar-refractivity contribution in [1.29, 1.82) is 0 Å². The standard InChI is InChI=1S/C8H6O3.C2H6O/c9-6-11-8(10)7-4-2-1-3-5-7;1-2-3/h1-6H;3H,2H2,1H3. The van der Waals surface area contributed by atoms with E-state index >= 15 is 0 Å². The number of carbonyl (C=O) groups excluding carboxylic acids is 2. The second-order valence-corrected chi connectivity index (χ2v) is 2.18. The number of hydrogen-bond acceptors (Lipinski definition) is 4. The van der Waals surface area contributed by atoms with Gasteiger partial charge in [0, 0.05) is 6.61 Å². The molecule has 0 aliphatic rings. The second-order valence-electron chi connectivity index (χ2n) is 2.18. The van der Waals surface area contributed by atoms with Gasteiger partial charge in [-0.3, -0.25) is 4.79 Å². The Morgan fingerprint density at radius 1 is 1.43 bits per heavy atom. The molecule has 0 heterocycles. The van der Waals surface area contributed by atoms with Crippen molar-refractivity contribution in [3.8, 4) is 0 Å². The molecule has 76 valence electrons. The van der Waals surface area contributed by atoms with Gasteiger partial charge < -0.3 is 9.84 Å². The molecular weight excluding hydrogens is 184 g/mol. The fourth-order valence-corrected chi connectivity index (χ4v) is 0.686. The predicted molar refractivity (Wildman–Crippen MR) is 50.7 cm³/mol. The molecule has 0 fully saturated rings. The molecule has 1 aromatic carbocycles. The summed E-state index contributed by atoms with van der Waals surface area (Å²) in [6.45, 7) is 2.05. The highest BCUT2D eigenvalue weighted by Gasteiger charge is 2.03. The summed E-state index contributed by atoms with van der Waals surface area (Å²) in [5.74, 6) is -0.624. The van der Waals surface area contributed by atoms with E-state index in [1.807, 2.05) is 0 Å². The highest BCUT2D eigenvalue weighted by Crippen LogP contribution is 1.99. The van der Waals surface area contributed by atoms with Gasteiger partial charge in [0.1, 0.15) is 0 Å². The van der Waals surface area contributed by atoms with Gasteiger partial charge in [0.25, 0.3) is 0 Å². The fourth-order valence-electron chi connectivity index (χ4n) is 0.686. The van der Waals surface area contributed by atoms with E-state index in [9.17, 15) is 9.59 Å². The lowest BCUT2D eigenvalue weighted by Gasteiger charge is -1.94. The van der Waals surface area contributed by atoms with Crippen LogP contribution in [0.5, 0.6) is 0 Å². The number of aliphatic hydroxyl groups excluding tert-OH is 1. The summed E-state index contributed by atoms with van der Waals surface area (Å²) in [5, 5.41) is 7.57. The van der Waals surface area contributed by atoms with Crippen molar-refractivity contribution >= 4 is 12.4 Å². The maximum atomic E-state index is 10.8. The third-order valence-electron chi connectivity index (χ3n) is 1.16. The number of esters is 1. The number of hydrogen-bond donors (Lipinski definition) is 1. The average Bonchev–Trinajstić information content (AvgIpc) is 2.21. The SMILES string of the molecule is CCO.O=COC(=O)c1ccccc1. The highest BCUT2D eigenvalue weighted by atomic mass is 16.6. The van der Waals surface area contributed by atoms with Crippen LogP contribution in [-0.4, -0.2) is 24.2 Å². The van der Waals surface area contributed by atoms with E-state index in [0.29, 0.717) is 5.56 Å². The van der Waals surface area contributed by atoms with E-state index in [1.165, 1.54) is 0 Å². The summed E-state index contributed by atoms with van der Waals surface area (Å²) in [6, 6.07) is 8.32. The number of carbonyl (C=O) groups is 2. The predicted octanol–water partition coefficient (Wildman–Crippen LogP) is 0.998. The van der Waals surface area contributed by atoms with Crippen LogP contribution in [0.2, 0.25) is 0 Å². The molecule has 0 amide bonds. The molecule has 0 unspecified atom stereocenters. The van der Waals surface area contributed by atoms with E-state index in [1.54, 1.807) is 37.3 Å². The number of rotatable bonds is 2. The summed E-state index contributed by atoms with van der Waals surface area (Å²) in [5.41, 5.74) is 0.375. The van der Waals surface area contributed by atoms with Crippen molar-refractivity contribution in [1.82, 2.24) is 0 Å². The number of aliphatic hydroxyl groups is 1. The normalized spacial score (nSPS) is 8.14. The van der Waals surface area contributed by atoms with Crippen molar-refractivity contribution in [2.45, 2.75) is 6.92 Å². The van der Waals surface area contributed by atoms with E-state index in [0.717, 1.165) is 0 Å². The lowest BCUT2D eigenvalue weighted by molar-refractivity contribution is -0.123. The van der Waals surface area contributed by atoms with Gasteiger partial charge in [0.05, 0.1) is 5.56 Å². The molecule has 0 aromatic heterocycles. The molecule has 0 bridgehead atoms. The summed E-state index contributed by atoms with van der Waals surface area (Å²) < 4.78 is 4.11. The van der Waals surface area contributed by atoms with Gasteiger partial charge in [-0.15, -0.1) is 0 Å². The van der Waals surface area contributed by atoms with Gasteiger partial charge in [0.2, 0.25) is 0 Å². The maximum absolute atomic E-state index is 10.8. The first-order chi connectivity index (χ1) is 6.76. The molecule has 0 spiro atoms. The van der Waals surface area contributed by atoms with Gasteiger partial charge in [-0.1, -0.05) is 18.2 Å². The zero-order valence-corrected chi connectivity index (χ0v) is 7.84. The molecule has 0 aliphatic carbocycles. The van der Waals surface area contributed by atoms with E-state index < -0.39 is 5.97 Å². The summed E-state index contributed by atoms with van der Waals surface area (Å²) >= 11 is 0. The fraction of sp³-hybridized carbons (Fsp3) is 0.200. The van der Waals surface area contributed by atoms with Crippen molar-refractivity contribution in [3.05, 3.63) is 35.9 Å². The van der Waals surface area contributed by atoms with Crippen LogP contribution >= 0.6 is 0 Å². The minimum absolute atomic E-state index is 0.120. The minimum Gasteiger partial charge on any atom is -0.397 e. The van der Waals surface area contributed by atoms with E-state index in [2.05, 4.69) is 4.74 Å². The van der Waals surface area contributed by atoms with Crippen LogP contribution in [-0.2, 0) is 9.53 Å². The van der Waals surface area contributed by atoms with Crippen LogP contribution in [0.1, 0.15) is 17.3 Å². The van der Waals surface area contributed by atoms with E-state index in [4.69, 9.17) is 5.11 Å². The Morgan fingerprint density at radius 2 is 1.93 bits per heavy atom. The maximum Gasteiger partial charge on any atom is 0.345 e. The van der Waals surface area contributed by atoms with Crippen LogP contribution in [0, 0.1) is 0 Å². The molecule has 4 nitrogen and oxygen atoms in total. The molecule has 1 N–H and O–H groups in total. The number of ether oxygens (including phenoxy) is 1. The summed E-state index contributed by atoms with van der Waals surface area (Å²) in [4.78, 5) is 20.5. The Hall–Kier alpha value is -1.68. The molecule has 1 aromatic rings. The summed E-state index contributed by atoms with van der Waals surface area (Å²) in [7, 11) is 0. The molecule has 0 saturated heterocycles. The molecule has 0 saturated carbocycles. The van der Waals surface area contributed by atoms with Gasteiger partial charge in [0.15, 0.2) is 0 Å². The van der Waals surface area contributed by atoms with Crippen LogP contribution in [0.3, 0.4) is 0 Å². The first-order valence-electron chi connectivity index (χ1n) is 4.06. The largest absolute Gasteiger partial charge is 0.397 e. The Bertz CT molecular complexity index is 269. The third-order valence-corrected chi connectivity index (χ3v) is 1.16. The smallest absolute Gasteiger partial charge is 0.345 e. The van der Waals surface area contributed by atoms with Gasteiger partial charge in [-0.05, 0) is 19.1 Å². The monoisotopic (exact) mass is 196 g/mol. The lowest BCUT2D eigenvalue weighted by atomic mass is 10.2. The third kappa shape index (κ3) is 5.05. The summed E-state index contributed by atoms with van der Waals surface area (Å²) in [6.07, 6.45) is 0. The Morgan fingerprint density at radius 3 is 2.36 bits per heavy atom. The molecule has 0 radical (unpaired) electrons. The molecule has 0 aliphatic heterocycles. The van der Waals surface area contributed by atoms with Crippen molar-refractivity contribution in [3.63, 3.8) is 0 Å². The average molecular weight is 196 g/mol. The number of benzene rings is 1. The van der Waals surface area contributed by atoms with Crippen molar-refractivity contribution in [2.24, 2.45) is 0 Å². The van der Waals surface area contributed by atoms with Crippen LogP contribution in [0.15, 0.2) is 30.3 Å². The minimum atomic E-state index is -0.624. The molecule has 14 heavy (non-hydrogen) atoms. The quantitative estimate of drug-likeness (QED) is 0.435. The van der Waals surface area contributed by atoms with Crippen molar-refractivity contribution < 1.29 is 19.4 Å². The zero-order chi connectivity index (χ0) is 10.8. The lowest BCUT2D eigenvalue weighted by Crippen LogP contribution is -2.02. The molecule has 0 atom stereocenters. The topological polar surface area (TPSA) is 63.6 Å². The van der Waals surface area contributed by atoms with Crippen molar-refractivity contribution in [2.75, 3.05) is 6.61 Å². The molecule has 1 rings (SSSR count). The second kappa shape index (κ2) is 7.94.